The molecule has 0 atom stereocenters. The molecule has 0 bridgehead atoms. The number of rotatable bonds is 5. The molecule has 74 valence electrons. The molecule has 0 aromatic carbocycles. The maximum Gasteiger partial charge on any atom is 0.0414 e. The van der Waals surface area contributed by atoms with E-state index in [0.29, 0.717) is 6.42 Å². The number of aliphatic carboxylic acids is 1. The minimum absolute atomic E-state index is 0.181. The van der Waals surface area contributed by atoms with Gasteiger partial charge in [-0.3, -0.25) is 0 Å². The van der Waals surface area contributed by atoms with Crippen molar-refractivity contribution >= 4 is 5.97 Å². The standard InChI is InChI=1S/C6H14.C4H8O2/c1-3-5-6-4-2;1-2-3-4(5)6/h3-6H2,1-2H3;2-3H2,1H3,(H,5,6)/p-1. The summed E-state index contributed by atoms with van der Waals surface area (Å²) < 4.78 is 0. The molecule has 0 N–H and O–H groups in total. The molecule has 0 saturated heterocycles. The van der Waals surface area contributed by atoms with Crippen molar-refractivity contribution in [1.82, 2.24) is 0 Å². The van der Waals surface area contributed by atoms with Gasteiger partial charge in [-0.05, 0) is 6.42 Å². The first-order valence-corrected chi connectivity index (χ1v) is 4.88. The van der Waals surface area contributed by atoms with Gasteiger partial charge in [-0.1, -0.05) is 52.9 Å². The fourth-order valence-corrected chi connectivity index (χ4v) is 0.704. The molecule has 2 nitrogen and oxygen atoms in total. The predicted molar refractivity (Wildman–Crippen MR) is 49.7 cm³/mol. The van der Waals surface area contributed by atoms with Crippen LogP contribution in [0.25, 0.3) is 0 Å². The highest BCUT2D eigenvalue weighted by Crippen LogP contribution is 1.95. The molecule has 0 amide bonds. The van der Waals surface area contributed by atoms with E-state index < -0.39 is 5.97 Å². The molecule has 0 aliphatic rings. The van der Waals surface area contributed by atoms with Crippen LogP contribution >= 0.6 is 0 Å². The second kappa shape index (κ2) is 13.1. The molecule has 0 unspecified atom stereocenters. The lowest BCUT2D eigenvalue weighted by atomic mass is 10.2. The molecule has 2 heteroatoms. The summed E-state index contributed by atoms with van der Waals surface area (Å²) in [4.78, 5) is 9.49. The van der Waals surface area contributed by atoms with E-state index in [0.717, 1.165) is 0 Å². The van der Waals surface area contributed by atoms with Gasteiger partial charge in [0.25, 0.3) is 0 Å². The first kappa shape index (κ1) is 14.0. The minimum Gasteiger partial charge on any atom is -0.550 e. The second-order valence-electron chi connectivity index (χ2n) is 2.83. The number of hydrogen-bond acceptors (Lipinski definition) is 2. The largest absolute Gasteiger partial charge is 0.550 e. The zero-order chi connectivity index (χ0) is 9.82. The van der Waals surface area contributed by atoms with Crippen LogP contribution in [-0.4, -0.2) is 5.97 Å². The number of carbonyl (C=O) groups is 1. The summed E-state index contributed by atoms with van der Waals surface area (Å²) >= 11 is 0. The third kappa shape index (κ3) is 22.7. The Morgan fingerprint density at radius 1 is 1.00 bits per heavy atom. The summed E-state index contributed by atoms with van der Waals surface area (Å²) in [6.07, 6.45) is 6.39. The van der Waals surface area contributed by atoms with Crippen LogP contribution in [0, 0.1) is 0 Å². The number of carboxylic acid groups (broad SMARTS) is 1. The third-order valence-corrected chi connectivity index (χ3v) is 1.41. The van der Waals surface area contributed by atoms with Crippen molar-refractivity contribution in [3.05, 3.63) is 0 Å². The summed E-state index contributed by atoms with van der Waals surface area (Å²) in [5, 5.41) is 9.49. The van der Waals surface area contributed by atoms with Gasteiger partial charge in [0.15, 0.2) is 0 Å². The molecule has 12 heavy (non-hydrogen) atoms. The zero-order valence-corrected chi connectivity index (χ0v) is 8.56. The summed E-state index contributed by atoms with van der Waals surface area (Å²) in [5.41, 5.74) is 0. The molecule has 0 rings (SSSR count). The van der Waals surface area contributed by atoms with Crippen molar-refractivity contribution in [3.8, 4) is 0 Å². The highest BCUT2D eigenvalue weighted by molar-refractivity contribution is 5.63. The van der Waals surface area contributed by atoms with Crippen LogP contribution in [0.5, 0.6) is 0 Å². The molecule has 0 radical (unpaired) electrons. The van der Waals surface area contributed by atoms with E-state index >= 15 is 0 Å². The van der Waals surface area contributed by atoms with E-state index in [1.165, 1.54) is 25.7 Å². The molecule has 0 aliphatic carbocycles. The Morgan fingerprint density at radius 2 is 1.42 bits per heavy atom. The number of hydrogen-bond donors (Lipinski definition) is 0. The van der Waals surface area contributed by atoms with Crippen LogP contribution in [0.4, 0.5) is 0 Å². The Kier molecular flexibility index (Phi) is 15.3. The van der Waals surface area contributed by atoms with E-state index in [2.05, 4.69) is 13.8 Å². The van der Waals surface area contributed by atoms with Gasteiger partial charge in [-0.15, -0.1) is 0 Å². The zero-order valence-electron chi connectivity index (χ0n) is 8.56. The SMILES string of the molecule is CCCC(=O)[O-].CCCCCC. The van der Waals surface area contributed by atoms with Crippen LogP contribution < -0.4 is 5.11 Å². The van der Waals surface area contributed by atoms with Crippen LogP contribution in [0.3, 0.4) is 0 Å². The number of unbranched alkanes of at least 4 members (excludes halogenated alkanes) is 3. The van der Waals surface area contributed by atoms with Crippen LogP contribution in [0.2, 0.25) is 0 Å². The van der Waals surface area contributed by atoms with Crippen LogP contribution in [-0.2, 0) is 4.79 Å². The quantitative estimate of drug-likeness (QED) is 0.597. The number of carbonyl (C=O) groups excluding carboxylic acids is 1. The van der Waals surface area contributed by atoms with Crippen molar-refractivity contribution in [2.75, 3.05) is 0 Å². The third-order valence-electron chi connectivity index (χ3n) is 1.41. The lowest BCUT2D eigenvalue weighted by Gasteiger charge is -1.92. The maximum atomic E-state index is 9.49. The van der Waals surface area contributed by atoms with Gasteiger partial charge < -0.3 is 9.90 Å². The van der Waals surface area contributed by atoms with Gasteiger partial charge in [0.05, 0.1) is 0 Å². The van der Waals surface area contributed by atoms with Gasteiger partial charge in [-0.2, -0.15) is 0 Å². The first-order chi connectivity index (χ1) is 5.68. The Bertz CT molecular complexity index is 85.8. The van der Waals surface area contributed by atoms with Gasteiger partial charge in [0, 0.05) is 5.97 Å². The normalized spacial score (nSPS) is 8.58. The maximum absolute atomic E-state index is 9.49. The fraction of sp³-hybridized carbons (Fsp3) is 0.900. The summed E-state index contributed by atoms with van der Waals surface area (Å²) in [6.45, 7) is 6.26. The first-order valence-electron chi connectivity index (χ1n) is 4.88. The molecule has 0 saturated carbocycles. The average Bonchev–Trinajstić information content (AvgIpc) is 2.02. The van der Waals surface area contributed by atoms with E-state index in [1.807, 2.05) is 0 Å². The lowest BCUT2D eigenvalue weighted by molar-refractivity contribution is -0.305. The second-order valence-corrected chi connectivity index (χ2v) is 2.83. The van der Waals surface area contributed by atoms with E-state index in [1.54, 1.807) is 6.92 Å². The van der Waals surface area contributed by atoms with Gasteiger partial charge in [0.1, 0.15) is 0 Å². The smallest absolute Gasteiger partial charge is 0.0414 e. The molecule has 0 aromatic heterocycles. The van der Waals surface area contributed by atoms with Crippen LogP contribution in [0.15, 0.2) is 0 Å². The molecule has 0 aromatic rings. The molecular formula is C10H21O2-. The van der Waals surface area contributed by atoms with Crippen molar-refractivity contribution in [3.63, 3.8) is 0 Å². The van der Waals surface area contributed by atoms with E-state index in [-0.39, 0.29) is 6.42 Å². The topological polar surface area (TPSA) is 40.1 Å². The summed E-state index contributed by atoms with van der Waals surface area (Å²) in [5.74, 6) is -0.961. The van der Waals surface area contributed by atoms with Gasteiger partial charge in [0.2, 0.25) is 0 Å². The molecular weight excluding hydrogens is 152 g/mol. The Labute approximate surface area is 76.0 Å². The average molecular weight is 173 g/mol. The summed E-state index contributed by atoms with van der Waals surface area (Å²) in [6, 6.07) is 0. The Hall–Kier alpha value is -0.530. The molecule has 0 spiro atoms. The molecule has 0 fully saturated rings. The Balaban J connectivity index is 0. The van der Waals surface area contributed by atoms with Crippen molar-refractivity contribution in [2.24, 2.45) is 0 Å². The highest BCUT2D eigenvalue weighted by Gasteiger charge is 1.75. The summed E-state index contributed by atoms with van der Waals surface area (Å²) in [7, 11) is 0. The Morgan fingerprint density at radius 3 is 1.50 bits per heavy atom. The van der Waals surface area contributed by atoms with E-state index in [9.17, 15) is 9.90 Å². The lowest BCUT2D eigenvalue weighted by Crippen LogP contribution is -2.20. The minimum atomic E-state index is -0.961. The van der Waals surface area contributed by atoms with Crippen molar-refractivity contribution < 1.29 is 9.90 Å². The monoisotopic (exact) mass is 173 g/mol. The van der Waals surface area contributed by atoms with Gasteiger partial charge in [-0.25, -0.2) is 0 Å². The van der Waals surface area contributed by atoms with Gasteiger partial charge >= 0.3 is 0 Å². The highest BCUT2D eigenvalue weighted by atomic mass is 16.4. The number of carboxylic acids is 1. The van der Waals surface area contributed by atoms with Crippen LogP contribution in [0.1, 0.15) is 59.3 Å². The molecule has 0 aliphatic heterocycles. The van der Waals surface area contributed by atoms with E-state index in [4.69, 9.17) is 0 Å². The fourth-order valence-electron chi connectivity index (χ4n) is 0.704. The molecule has 0 heterocycles. The predicted octanol–water partition coefficient (Wildman–Crippen LogP) is 2.12. The van der Waals surface area contributed by atoms with Crippen molar-refractivity contribution in [2.45, 2.75) is 59.3 Å². The van der Waals surface area contributed by atoms with Crippen molar-refractivity contribution in [1.29, 1.82) is 0 Å².